The van der Waals surface area contributed by atoms with Crippen molar-refractivity contribution in [3.05, 3.63) is 71.7 Å². The third-order valence-corrected chi connectivity index (χ3v) is 8.11. The molecule has 2 amide bonds. The molecule has 5 rings (SSSR count). The van der Waals surface area contributed by atoms with Crippen molar-refractivity contribution in [2.75, 3.05) is 33.2 Å². The number of aromatic nitrogens is 1. The van der Waals surface area contributed by atoms with Crippen LogP contribution in [0.25, 0.3) is 11.1 Å². The number of phenolic OH excluding ortho intramolecular Hbond substituents is 1. The molecule has 228 valence electrons. The van der Waals surface area contributed by atoms with E-state index >= 15 is 0 Å². The summed E-state index contributed by atoms with van der Waals surface area (Å²) in [5.41, 5.74) is 2.81. The van der Waals surface area contributed by atoms with Gasteiger partial charge in [-0.1, -0.05) is 18.2 Å². The number of rotatable bonds is 8. The van der Waals surface area contributed by atoms with Gasteiger partial charge in [-0.3, -0.25) is 9.69 Å². The predicted molar refractivity (Wildman–Crippen MR) is 160 cm³/mol. The molecule has 1 aliphatic heterocycles. The maximum atomic E-state index is 14.2. The average molecular weight is 592 g/mol. The fourth-order valence-corrected chi connectivity index (χ4v) is 5.82. The molecule has 0 spiro atoms. The van der Waals surface area contributed by atoms with Gasteiger partial charge >= 0.3 is 6.09 Å². The fraction of sp³-hybridized carbons (Fsp3) is 0.406. The zero-order valence-electron chi connectivity index (χ0n) is 24.3. The Morgan fingerprint density at radius 2 is 1.77 bits per heavy atom. The zero-order chi connectivity index (χ0) is 30.3. The normalized spacial score (nSPS) is 19.8. The molecule has 2 aromatic carbocycles. The maximum Gasteiger partial charge on any atom is 0.404 e. The highest BCUT2D eigenvalue weighted by Gasteiger charge is 2.26. The summed E-state index contributed by atoms with van der Waals surface area (Å²) in [5.74, 6) is -0.542. The largest absolute Gasteiger partial charge is 0.508 e. The number of carboxylic acid groups (broad SMARTS) is 1. The van der Waals surface area contributed by atoms with Crippen LogP contribution in [0.3, 0.4) is 0 Å². The monoisotopic (exact) mass is 591 g/mol. The lowest BCUT2D eigenvalue weighted by Gasteiger charge is -2.29. The third kappa shape index (κ3) is 8.20. The summed E-state index contributed by atoms with van der Waals surface area (Å²) in [6.45, 7) is 4.66. The van der Waals surface area contributed by atoms with Crippen molar-refractivity contribution in [1.29, 1.82) is 0 Å². The SMILES string of the molecule is CN1CCCN(Cc2cc(O)ccc2-c2cccc(Oc3ncc(F)cc3C(=O)NC3CCC(NC(=O)O)CC3)c2)CC1. The van der Waals surface area contributed by atoms with Crippen molar-refractivity contribution >= 4 is 12.0 Å². The summed E-state index contributed by atoms with van der Waals surface area (Å²) < 4.78 is 20.3. The molecule has 11 heteroatoms. The van der Waals surface area contributed by atoms with Gasteiger partial charge < -0.3 is 30.5 Å². The summed E-state index contributed by atoms with van der Waals surface area (Å²) in [6, 6.07) is 13.5. The van der Waals surface area contributed by atoms with Crippen LogP contribution in [0.1, 0.15) is 48.0 Å². The number of nitrogens with zero attached hydrogens (tertiary/aromatic N) is 3. The van der Waals surface area contributed by atoms with Gasteiger partial charge in [0.05, 0.1) is 6.20 Å². The fourth-order valence-electron chi connectivity index (χ4n) is 5.82. The highest BCUT2D eigenvalue weighted by molar-refractivity contribution is 5.96. The number of halogens is 1. The first-order valence-corrected chi connectivity index (χ1v) is 14.7. The van der Waals surface area contributed by atoms with Crippen LogP contribution in [0.4, 0.5) is 9.18 Å². The molecule has 1 aliphatic carbocycles. The number of benzene rings is 2. The first-order valence-electron chi connectivity index (χ1n) is 14.7. The van der Waals surface area contributed by atoms with Crippen LogP contribution in [0.15, 0.2) is 54.7 Å². The van der Waals surface area contributed by atoms with E-state index in [1.165, 1.54) is 0 Å². The number of carbonyl (C=O) groups excluding carboxylic acids is 1. The molecule has 2 aliphatic rings. The van der Waals surface area contributed by atoms with E-state index in [9.17, 15) is 19.1 Å². The molecule has 43 heavy (non-hydrogen) atoms. The lowest BCUT2D eigenvalue weighted by Crippen LogP contribution is -2.43. The molecule has 1 saturated carbocycles. The number of hydrogen-bond acceptors (Lipinski definition) is 7. The average Bonchev–Trinajstić information content (AvgIpc) is 3.18. The van der Waals surface area contributed by atoms with Gasteiger partial charge in [-0.2, -0.15) is 0 Å². The van der Waals surface area contributed by atoms with E-state index in [1.807, 2.05) is 24.3 Å². The van der Waals surface area contributed by atoms with Crippen molar-refractivity contribution in [2.45, 2.75) is 50.7 Å². The number of pyridine rings is 1. The van der Waals surface area contributed by atoms with Gasteiger partial charge in [0.1, 0.15) is 22.9 Å². The van der Waals surface area contributed by atoms with Crippen molar-refractivity contribution in [1.82, 2.24) is 25.4 Å². The topological polar surface area (TPSA) is 127 Å². The van der Waals surface area contributed by atoms with Crippen LogP contribution < -0.4 is 15.4 Å². The van der Waals surface area contributed by atoms with Gasteiger partial charge in [0.15, 0.2) is 0 Å². The third-order valence-electron chi connectivity index (χ3n) is 8.11. The van der Waals surface area contributed by atoms with Crippen molar-refractivity contribution in [2.24, 2.45) is 0 Å². The number of aromatic hydroxyl groups is 1. The number of phenols is 1. The second-order valence-corrected chi connectivity index (χ2v) is 11.4. The Bertz CT molecular complexity index is 1450. The van der Waals surface area contributed by atoms with Gasteiger partial charge in [0.25, 0.3) is 5.91 Å². The number of carbonyl (C=O) groups is 2. The molecule has 10 nitrogen and oxygen atoms in total. The Hall–Kier alpha value is -4.22. The molecule has 2 heterocycles. The van der Waals surface area contributed by atoms with Crippen LogP contribution in [0.2, 0.25) is 0 Å². The van der Waals surface area contributed by atoms with E-state index in [0.717, 1.165) is 61.6 Å². The van der Waals surface area contributed by atoms with Gasteiger partial charge in [0.2, 0.25) is 5.88 Å². The van der Waals surface area contributed by atoms with Crippen LogP contribution in [-0.2, 0) is 6.54 Å². The lowest BCUT2D eigenvalue weighted by molar-refractivity contribution is 0.0919. The highest BCUT2D eigenvalue weighted by atomic mass is 19.1. The van der Waals surface area contributed by atoms with Crippen LogP contribution in [-0.4, -0.2) is 82.3 Å². The quantitative estimate of drug-likeness (QED) is 0.293. The Morgan fingerprint density at radius 1 is 1.00 bits per heavy atom. The summed E-state index contributed by atoms with van der Waals surface area (Å²) in [4.78, 5) is 32.9. The van der Waals surface area contributed by atoms with Crippen molar-refractivity contribution in [3.63, 3.8) is 0 Å². The standard InChI is InChI=1S/C32H38FN5O5/c1-37-12-3-13-38(15-14-37)20-22-16-26(39)10-11-28(22)21-4-2-5-27(17-21)43-31-29(18-23(33)19-34-31)30(40)35-24-6-8-25(9-7-24)36-32(41)42/h2,4-5,10-11,16-19,24-25,36,39H,3,6-9,12-15,20H2,1H3,(H,35,40)(H,41,42). The maximum absolute atomic E-state index is 14.2. The van der Waals surface area contributed by atoms with Gasteiger partial charge in [-0.05, 0) is 99.3 Å². The molecule has 0 radical (unpaired) electrons. The first-order chi connectivity index (χ1) is 20.7. The molecule has 0 bridgehead atoms. The van der Waals surface area contributed by atoms with Crippen LogP contribution in [0, 0.1) is 5.82 Å². The number of ether oxygens (including phenoxy) is 1. The molecule has 0 atom stereocenters. The Balaban J connectivity index is 1.31. The van der Waals surface area contributed by atoms with E-state index in [1.54, 1.807) is 18.2 Å². The summed E-state index contributed by atoms with van der Waals surface area (Å²) >= 11 is 0. The summed E-state index contributed by atoms with van der Waals surface area (Å²) in [6.07, 6.45) is 3.43. The Morgan fingerprint density at radius 3 is 2.53 bits per heavy atom. The minimum atomic E-state index is -1.06. The minimum Gasteiger partial charge on any atom is -0.508 e. The van der Waals surface area contributed by atoms with Gasteiger partial charge in [-0.15, -0.1) is 0 Å². The zero-order valence-corrected chi connectivity index (χ0v) is 24.3. The first kappa shape index (κ1) is 30.2. The minimum absolute atomic E-state index is 0.0168. The van der Waals surface area contributed by atoms with E-state index in [0.29, 0.717) is 38.0 Å². The smallest absolute Gasteiger partial charge is 0.404 e. The molecule has 2 fully saturated rings. The lowest BCUT2D eigenvalue weighted by atomic mass is 9.91. The van der Waals surface area contributed by atoms with E-state index in [-0.39, 0.29) is 29.3 Å². The number of amides is 2. The number of likely N-dealkylation sites (N-methyl/N-ethyl adjacent to an activating group) is 1. The van der Waals surface area contributed by atoms with Gasteiger partial charge in [-0.25, -0.2) is 14.2 Å². The van der Waals surface area contributed by atoms with Crippen LogP contribution in [0.5, 0.6) is 17.4 Å². The molecular weight excluding hydrogens is 553 g/mol. The molecule has 0 unspecified atom stereocenters. The second kappa shape index (κ2) is 13.8. The number of nitrogens with one attached hydrogen (secondary N) is 2. The highest BCUT2D eigenvalue weighted by Crippen LogP contribution is 2.33. The van der Waals surface area contributed by atoms with Crippen molar-refractivity contribution in [3.8, 4) is 28.5 Å². The Kier molecular flexibility index (Phi) is 9.73. The molecular formula is C32H38FN5O5. The summed E-state index contributed by atoms with van der Waals surface area (Å²) in [5, 5.41) is 24.6. The molecule has 1 aromatic heterocycles. The van der Waals surface area contributed by atoms with E-state index in [4.69, 9.17) is 9.84 Å². The second-order valence-electron chi connectivity index (χ2n) is 11.4. The molecule has 3 aromatic rings. The van der Waals surface area contributed by atoms with E-state index < -0.39 is 17.8 Å². The van der Waals surface area contributed by atoms with Gasteiger partial charge in [0, 0.05) is 31.7 Å². The summed E-state index contributed by atoms with van der Waals surface area (Å²) in [7, 11) is 2.13. The Labute approximate surface area is 250 Å². The number of hydrogen-bond donors (Lipinski definition) is 4. The van der Waals surface area contributed by atoms with Crippen LogP contribution >= 0.6 is 0 Å². The molecule has 4 N–H and O–H groups in total. The molecule has 1 saturated heterocycles. The van der Waals surface area contributed by atoms with Crippen molar-refractivity contribution < 1.29 is 28.9 Å². The van der Waals surface area contributed by atoms with E-state index in [2.05, 4.69) is 32.5 Å². The predicted octanol–water partition coefficient (Wildman–Crippen LogP) is 4.83.